The smallest absolute Gasteiger partial charge is 0.326 e. The maximum atomic E-state index is 12.6. The van der Waals surface area contributed by atoms with E-state index in [1.165, 1.54) is 13.2 Å². The lowest BCUT2D eigenvalue weighted by Gasteiger charge is -2.13. The zero-order chi connectivity index (χ0) is 25.5. The second kappa shape index (κ2) is 11.6. The highest BCUT2D eigenvalue weighted by Crippen LogP contribution is 2.34. The van der Waals surface area contributed by atoms with E-state index in [0.717, 1.165) is 27.8 Å². The van der Waals surface area contributed by atoms with Gasteiger partial charge in [-0.2, -0.15) is 0 Å². The minimum atomic E-state index is -0.652. The average molecular weight is 499 g/mol. The van der Waals surface area contributed by atoms with Crippen LogP contribution in [0.1, 0.15) is 23.6 Å². The average Bonchev–Trinajstić information content (AvgIpc) is 3.07. The molecule has 35 heavy (non-hydrogen) atoms. The van der Waals surface area contributed by atoms with Crippen molar-refractivity contribution in [3.05, 3.63) is 58.0 Å². The minimum Gasteiger partial charge on any atom is -0.493 e. The Balaban J connectivity index is 1.66. The molecule has 0 atom stereocenters. The second-order valence-electron chi connectivity index (χ2n) is 7.64. The summed E-state index contributed by atoms with van der Waals surface area (Å²) >= 11 is 0.737. The summed E-state index contributed by atoms with van der Waals surface area (Å²) in [4.78, 5) is 49.7. The van der Waals surface area contributed by atoms with E-state index in [9.17, 15) is 19.2 Å². The molecular weight excluding hydrogens is 472 g/mol. The van der Waals surface area contributed by atoms with E-state index in [2.05, 4.69) is 5.32 Å². The molecule has 1 N–H and O–H groups in total. The van der Waals surface area contributed by atoms with Crippen LogP contribution in [0.15, 0.2) is 41.3 Å². The number of benzene rings is 2. The first-order chi connectivity index (χ1) is 16.7. The fourth-order valence-electron chi connectivity index (χ4n) is 3.30. The Kier molecular flexibility index (Phi) is 8.53. The number of hydrogen-bond acceptors (Lipinski definition) is 8. The Morgan fingerprint density at radius 2 is 1.86 bits per heavy atom. The van der Waals surface area contributed by atoms with Crippen LogP contribution in [-0.4, -0.2) is 54.8 Å². The molecule has 2 aromatic rings. The Morgan fingerprint density at radius 3 is 2.54 bits per heavy atom. The van der Waals surface area contributed by atoms with Crippen molar-refractivity contribution in [1.29, 1.82) is 0 Å². The number of esters is 1. The van der Waals surface area contributed by atoms with Crippen molar-refractivity contribution in [3.63, 3.8) is 0 Å². The molecule has 0 bridgehead atoms. The van der Waals surface area contributed by atoms with E-state index < -0.39 is 23.7 Å². The van der Waals surface area contributed by atoms with Crippen molar-refractivity contribution in [3.8, 4) is 11.5 Å². The molecule has 1 aliphatic rings. The molecule has 0 aliphatic carbocycles. The molecule has 1 heterocycles. The van der Waals surface area contributed by atoms with Gasteiger partial charge in [0.05, 0.1) is 18.6 Å². The maximum Gasteiger partial charge on any atom is 0.326 e. The third-order valence-corrected chi connectivity index (χ3v) is 5.87. The molecule has 0 radical (unpaired) electrons. The molecule has 10 heteroatoms. The van der Waals surface area contributed by atoms with Crippen LogP contribution >= 0.6 is 11.8 Å². The number of amides is 3. The number of hydrogen-bond donors (Lipinski definition) is 1. The van der Waals surface area contributed by atoms with Gasteiger partial charge in [-0.25, -0.2) is 0 Å². The first kappa shape index (κ1) is 25.8. The van der Waals surface area contributed by atoms with Crippen LogP contribution in [0.5, 0.6) is 11.5 Å². The quantitative estimate of drug-likeness (QED) is 0.409. The molecule has 1 saturated heterocycles. The van der Waals surface area contributed by atoms with Crippen molar-refractivity contribution in [2.75, 3.05) is 32.2 Å². The number of ether oxygens (including phenoxy) is 3. The number of methoxy groups -OCH3 is 1. The van der Waals surface area contributed by atoms with Gasteiger partial charge in [-0.3, -0.25) is 24.1 Å². The van der Waals surface area contributed by atoms with E-state index in [0.29, 0.717) is 22.7 Å². The molecule has 1 aliphatic heterocycles. The number of nitrogens with one attached hydrogen (secondary N) is 1. The standard InChI is InChI=1S/C25H26N2O7S/c1-5-33-23(29)13-27-24(30)21(35-25(27)31)12-17-7-9-19(20(11-17)32-4)34-14-22(28)26-18-8-6-15(2)10-16(18)3/h6-12H,5,13-14H2,1-4H3,(H,26,28)/b21-12-. The van der Waals surface area contributed by atoms with Gasteiger partial charge < -0.3 is 19.5 Å². The lowest BCUT2D eigenvalue weighted by molar-refractivity contribution is -0.146. The summed E-state index contributed by atoms with van der Waals surface area (Å²) in [5, 5.41) is 2.27. The summed E-state index contributed by atoms with van der Waals surface area (Å²) in [5.41, 5.74) is 3.34. The van der Waals surface area contributed by atoms with Crippen LogP contribution in [-0.2, 0) is 19.1 Å². The Bertz CT molecular complexity index is 1190. The molecule has 0 aromatic heterocycles. The Hall–Kier alpha value is -3.79. The van der Waals surface area contributed by atoms with Crippen LogP contribution in [0.2, 0.25) is 0 Å². The van der Waals surface area contributed by atoms with Gasteiger partial charge in [0, 0.05) is 5.69 Å². The number of imide groups is 1. The monoisotopic (exact) mass is 498 g/mol. The van der Waals surface area contributed by atoms with E-state index in [-0.39, 0.29) is 24.0 Å². The van der Waals surface area contributed by atoms with Crippen molar-refractivity contribution in [1.82, 2.24) is 4.90 Å². The number of carbonyl (C=O) groups is 4. The highest BCUT2D eigenvalue weighted by Gasteiger charge is 2.36. The predicted molar refractivity (Wildman–Crippen MR) is 132 cm³/mol. The molecule has 3 rings (SSSR count). The van der Waals surface area contributed by atoms with Crippen LogP contribution in [0.25, 0.3) is 6.08 Å². The maximum absolute atomic E-state index is 12.6. The van der Waals surface area contributed by atoms with Gasteiger partial charge in [0.15, 0.2) is 18.1 Å². The van der Waals surface area contributed by atoms with Crippen molar-refractivity contribution >= 4 is 46.5 Å². The molecular formula is C25H26N2O7S. The zero-order valence-corrected chi connectivity index (χ0v) is 20.7. The van der Waals surface area contributed by atoms with E-state index in [1.807, 2.05) is 32.0 Å². The number of thioether (sulfide) groups is 1. The third-order valence-electron chi connectivity index (χ3n) is 4.97. The van der Waals surface area contributed by atoms with Gasteiger partial charge in [-0.15, -0.1) is 0 Å². The van der Waals surface area contributed by atoms with E-state index >= 15 is 0 Å². The normalized spacial score (nSPS) is 14.3. The summed E-state index contributed by atoms with van der Waals surface area (Å²) in [6, 6.07) is 10.6. The number of rotatable bonds is 9. The first-order valence-electron chi connectivity index (χ1n) is 10.8. The van der Waals surface area contributed by atoms with Crippen LogP contribution in [0.4, 0.5) is 10.5 Å². The fraction of sp³-hybridized carbons (Fsp3) is 0.280. The van der Waals surface area contributed by atoms with Gasteiger partial charge in [-0.1, -0.05) is 23.8 Å². The number of carbonyl (C=O) groups excluding carboxylic acids is 4. The van der Waals surface area contributed by atoms with Gasteiger partial charge in [0.2, 0.25) is 0 Å². The van der Waals surface area contributed by atoms with Crippen molar-refractivity contribution in [2.24, 2.45) is 0 Å². The SMILES string of the molecule is CCOC(=O)CN1C(=O)S/C(=C\c2ccc(OCC(=O)Nc3ccc(C)cc3C)c(OC)c2)C1=O. The highest BCUT2D eigenvalue weighted by atomic mass is 32.2. The Morgan fingerprint density at radius 1 is 1.09 bits per heavy atom. The van der Waals surface area contributed by atoms with Gasteiger partial charge in [0.1, 0.15) is 6.54 Å². The second-order valence-corrected chi connectivity index (χ2v) is 8.63. The lowest BCUT2D eigenvalue weighted by Crippen LogP contribution is -2.34. The van der Waals surface area contributed by atoms with E-state index in [1.54, 1.807) is 25.1 Å². The molecule has 2 aromatic carbocycles. The molecule has 0 saturated carbocycles. The van der Waals surface area contributed by atoms with Gasteiger partial charge in [0.25, 0.3) is 17.1 Å². The predicted octanol–water partition coefficient (Wildman–Crippen LogP) is 3.93. The first-order valence-corrected chi connectivity index (χ1v) is 11.6. The van der Waals surface area contributed by atoms with Crippen LogP contribution in [0, 0.1) is 13.8 Å². The minimum absolute atomic E-state index is 0.159. The summed E-state index contributed by atoms with van der Waals surface area (Å²) in [6.07, 6.45) is 1.52. The molecule has 1 fully saturated rings. The van der Waals surface area contributed by atoms with Crippen LogP contribution < -0.4 is 14.8 Å². The van der Waals surface area contributed by atoms with Crippen molar-refractivity contribution in [2.45, 2.75) is 20.8 Å². The number of nitrogens with zero attached hydrogens (tertiary/aromatic N) is 1. The summed E-state index contributed by atoms with van der Waals surface area (Å²) in [6.45, 7) is 5.03. The summed E-state index contributed by atoms with van der Waals surface area (Å²) in [7, 11) is 1.45. The van der Waals surface area contributed by atoms with Gasteiger partial charge >= 0.3 is 5.97 Å². The highest BCUT2D eigenvalue weighted by molar-refractivity contribution is 8.18. The van der Waals surface area contributed by atoms with Gasteiger partial charge in [-0.05, 0) is 67.9 Å². The topological polar surface area (TPSA) is 111 Å². The molecule has 0 spiro atoms. The molecule has 9 nitrogen and oxygen atoms in total. The largest absolute Gasteiger partial charge is 0.493 e. The fourth-order valence-corrected chi connectivity index (χ4v) is 4.14. The van der Waals surface area contributed by atoms with Crippen LogP contribution in [0.3, 0.4) is 0 Å². The van der Waals surface area contributed by atoms with E-state index in [4.69, 9.17) is 14.2 Å². The third kappa shape index (κ3) is 6.63. The van der Waals surface area contributed by atoms with Crippen molar-refractivity contribution < 1.29 is 33.4 Å². The Labute approximate surface area is 207 Å². The molecule has 3 amide bonds. The lowest BCUT2D eigenvalue weighted by atomic mass is 10.1. The molecule has 0 unspecified atom stereocenters. The zero-order valence-electron chi connectivity index (χ0n) is 19.9. The molecule has 184 valence electrons. The number of anilines is 1. The summed E-state index contributed by atoms with van der Waals surface area (Å²) < 4.78 is 15.8. The summed E-state index contributed by atoms with van der Waals surface area (Å²) in [5.74, 6) is -0.853. The number of aryl methyl sites for hydroxylation is 2.